The topological polar surface area (TPSA) is 89.3 Å². The van der Waals surface area contributed by atoms with Crippen LogP contribution in [0.3, 0.4) is 0 Å². The molecule has 2 aromatic rings. The second-order valence-corrected chi connectivity index (χ2v) is 10.1. The number of rotatable bonds is 6. The number of nitrogens with one attached hydrogen (secondary N) is 1. The van der Waals surface area contributed by atoms with Gasteiger partial charge in [-0.05, 0) is 53.8 Å². The van der Waals surface area contributed by atoms with E-state index in [1.165, 1.54) is 40.3 Å². The minimum absolute atomic E-state index is 0.0188. The van der Waals surface area contributed by atoms with Crippen molar-refractivity contribution in [2.75, 3.05) is 11.1 Å². The van der Waals surface area contributed by atoms with E-state index < -0.39 is 10.0 Å². The molecule has 0 bridgehead atoms. The number of hydrogen-bond acceptors (Lipinski definition) is 4. The molecule has 0 spiro atoms. The van der Waals surface area contributed by atoms with Crippen molar-refractivity contribution in [2.45, 2.75) is 49.3 Å². The monoisotopic (exact) mass is 406 g/mol. The molecule has 0 heterocycles. The van der Waals surface area contributed by atoms with Crippen LogP contribution in [0.15, 0.2) is 52.3 Å². The summed E-state index contributed by atoms with van der Waals surface area (Å²) in [6.45, 7) is 8.62. The average Bonchev–Trinajstić information content (AvgIpc) is 2.55. The Kier molecular flexibility index (Phi) is 6.72. The van der Waals surface area contributed by atoms with E-state index in [9.17, 15) is 13.2 Å². The Labute approximate surface area is 165 Å². The Morgan fingerprint density at radius 3 is 2.30 bits per heavy atom. The van der Waals surface area contributed by atoms with Crippen LogP contribution >= 0.6 is 11.8 Å². The van der Waals surface area contributed by atoms with Gasteiger partial charge >= 0.3 is 0 Å². The van der Waals surface area contributed by atoms with Gasteiger partial charge in [0.15, 0.2) is 0 Å². The summed E-state index contributed by atoms with van der Waals surface area (Å²) in [6.07, 6.45) is 0.362. The third kappa shape index (κ3) is 6.37. The molecule has 0 aliphatic rings. The molecule has 1 amide bonds. The Balaban J connectivity index is 1.91. The van der Waals surface area contributed by atoms with Gasteiger partial charge in [0.1, 0.15) is 0 Å². The minimum atomic E-state index is -3.73. The zero-order valence-electron chi connectivity index (χ0n) is 16.1. The van der Waals surface area contributed by atoms with Crippen molar-refractivity contribution in [2.24, 2.45) is 5.14 Å². The van der Waals surface area contributed by atoms with Crippen LogP contribution in [0.4, 0.5) is 5.69 Å². The molecule has 2 rings (SSSR count). The van der Waals surface area contributed by atoms with E-state index in [4.69, 9.17) is 5.14 Å². The molecule has 0 atom stereocenters. The van der Waals surface area contributed by atoms with Gasteiger partial charge in [0, 0.05) is 22.8 Å². The van der Waals surface area contributed by atoms with E-state index in [1.807, 2.05) is 0 Å². The van der Waals surface area contributed by atoms with Crippen molar-refractivity contribution in [3.05, 3.63) is 53.6 Å². The second kappa shape index (κ2) is 8.46. The Hall–Kier alpha value is -1.83. The predicted octanol–water partition coefficient (Wildman–Crippen LogP) is 4.06. The van der Waals surface area contributed by atoms with Crippen LogP contribution in [-0.4, -0.2) is 20.1 Å². The first-order valence-electron chi connectivity index (χ1n) is 8.63. The lowest BCUT2D eigenvalue weighted by Crippen LogP contribution is -2.14. The van der Waals surface area contributed by atoms with Crippen LogP contribution < -0.4 is 10.5 Å². The number of hydrogen-bond donors (Lipinski definition) is 2. The summed E-state index contributed by atoms with van der Waals surface area (Å²) in [7, 11) is -3.73. The molecule has 146 valence electrons. The average molecular weight is 407 g/mol. The molecule has 0 saturated heterocycles. The highest BCUT2D eigenvalue weighted by Crippen LogP contribution is 2.30. The molecule has 0 aliphatic carbocycles. The number of amides is 1. The van der Waals surface area contributed by atoms with Crippen molar-refractivity contribution < 1.29 is 13.2 Å². The highest BCUT2D eigenvalue weighted by molar-refractivity contribution is 7.99. The molecule has 5 nitrogen and oxygen atoms in total. The quantitative estimate of drug-likeness (QED) is 0.708. The van der Waals surface area contributed by atoms with Crippen LogP contribution in [-0.2, 0) is 20.2 Å². The summed E-state index contributed by atoms with van der Waals surface area (Å²) in [6, 6.07) is 12.3. The molecule has 0 aromatic heterocycles. The fraction of sp³-hybridized carbons (Fsp3) is 0.350. The molecule has 0 fully saturated rings. The van der Waals surface area contributed by atoms with Crippen molar-refractivity contribution in [1.82, 2.24) is 0 Å². The Morgan fingerprint density at radius 1 is 1.11 bits per heavy atom. The maximum Gasteiger partial charge on any atom is 0.238 e. The van der Waals surface area contributed by atoms with Crippen LogP contribution in [0.1, 0.15) is 38.3 Å². The molecule has 7 heteroatoms. The second-order valence-electron chi connectivity index (χ2n) is 7.45. The normalized spacial score (nSPS) is 12.0. The van der Waals surface area contributed by atoms with Crippen LogP contribution in [0.2, 0.25) is 0 Å². The highest BCUT2D eigenvalue weighted by Gasteiger charge is 2.15. The van der Waals surface area contributed by atoms with Gasteiger partial charge in [-0.2, -0.15) is 0 Å². The third-order valence-electron chi connectivity index (χ3n) is 4.11. The van der Waals surface area contributed by atoms with E-state index in [0.717, 1.165) is 0 Å². The number of anilines is 1. The van der Waals surface area contributed by atoms with Gasteiger partial charge in [-0.3, -0.25) is 4.79 Å². The van der Waals surface area contributed by atoms with Crippen molar-refractivity contribution in [3.63, 3.8) is 0 Å². The summed E-state index contributed by atoms with van der Waals surface area (Å²) in [5.74, 6) is 0.547. The lowest BCUT2D eigenvalue weighted by molar-refractivity contribution is -0.115. The van der Waals surface area contributed by atoms with Gasteiger partial charge in [0.2, 0.25) is 15.9 Å². The van der Waals surface area contributed by atoms with Gasteiger partial charge in [0.25, 0.3) is 0 Å². The number of benzene rings is 2. The maximum atomic E-state index is 12.1. The zero-order valence-corrected chi connectivity index (χ0v) is 17.7. The smallest absolute Gasteiger partial charge is 0.238 e. The molecule has 0 saturated carbocycles. The van der Waals surface area contributed by atoms with E-state index >= 15 is 0 Å². The molecular formula is C20H26N2O3S2. The molecular weight excluding hydrogens is 380 g/mol. The van der Waals surface area contributed by atoms with E-state index in [1.54, 1.807) is 11.8 Å². The van der Waals surface area contributed by atoms with Gasteiger partial charge in [-0.15, -0.1) is 11.8 Å². The first kappa shape index (κ1) is 21.5. The van der Waals surface area contributed by atoms with Gasteiger partial charge in [-0.25, -0.2) is 13.6 Å². The largest absolute Gasteiger partial charge is 0.326 e. The first-order valence-corrected chi connectivity index (χ1v) is 11.2. The van der Waals surface area contributed by atoms with Gasteiger partial charge in [-0.1, -0.05) is 32.9 Å². The predicted molar refractivity (Wildman–Crippen MR) is 112 cm³/mol. The molecule has 27 heavy (non-hydrogen) atoms. The molecule has 3 N–H and O–H groups in total. The maximum absolute atomic E-state index is 12.1. The third-order valence-corrected chi connectivity index (χ3v) is 6.20. The Morgan fingerprint density at radius 2 is 1.74 bits per heavy atom. The van der Waals surface area contributed by atoms with Crippen LogP contribution in [0.5, 0.6) is 0 Å². The fourth-order valence-corrected chi connectivity index (χ4v) is 3.96. The number of carbonyl (C=O) groups excluding carboxylic acids is 1. The number of primary sulfonamides is 1. The van der Waals surface area contributed by atoms with Crippen molar-refractivity contribution in [1.29, 1.82) is 0 Å². The summed E-state index contributed by atoms with van der Waals surface area (Å²) < 4.78 is 22.5. The SMILES string of the molecule is Cc1ccc(C(C)(C)C)cc1SCCC(=O)Nc1ccc(S(N)(=O)=O)cc1. The summed E-state index contributed by atoms with van der Waals surface area (Å²) in [5.41, 5.74) is 3.11. The number of nitrogens with two attached hydrogens (primary N) is 1. The van der Waals surface area contributed by atoms with Gasteiger partial charge in [0.05, 0.1) is 4.90 Å². The number of carbonyl (C=O) groups is 1. The van der Waals surface area contributed by atoms with Crippen LogP contribution in [0, 0.1) is 6.92 Å². The lowest BCUT2D eigenvalue weighted by atomic mass is 9.87. The number of aryl methyl sites for hydroxylation is 1. The Bertz CT molecular complexity index is 915. The molecule has 0 aliphatic heterocycles. The van der Waals surface area contributed by atoms with Crippen molar-refractivity contribution in [3.8, 4) is 0 Å². The van der Waals surface area contributed by atoms with E-state index in [0.29, 0.717) is 17.9 Å². The molecule has 0 unspecified atom stereocenters. The standard InChI is InChI=1S/C20H26N2O3S2/c1-14-5-6-15(20(2,3)4)13-18(14)26-12-11-19(23)22-16-7-9-17(10-8-16)27(21,24)25/h5-10,13H,11-12H2,1-4H3,(H,22,23)(H2,21,24,25). The van der Waals surface area contributed by atoms with Crippen LogP contribution in [0.25, 0.3) is 0 Å². The van der Waals surface area contributed by atoms with Gasteiger partial charge < -0.3 is 5.32 Å². The van der Waals surface area contributed by atoms with E-state index in [-0.39, 0.29) is 16.2 Å². The fourth-order valence-electron chi connectivity index (χ4n) is 2.43. The first-order chi connectivity index (χ1) is 12.5. The highest BCUT2D eigenvalue weighted by atomic mass is 32.2. The minimum Gasteiger partial charge on any atom is -0.326 e. The molecule has 2 aromatic carbocycles. The number of sulfonamides is 1. The number of thioether (sulfide) groups is 1. The summed E-state index contributed by atoms with van der Waals surface area (Å²) >= 11 is 1.67. The zero-order chi connectivity index (χ0) is 20.2. The lowest BCUT2D eigenvalue weighted by Gasteiger charge is -2.20. The van der Waals surface area contributed by atoms with E-state index in [2.05, 4.69) is 51.2 Å². The molecule has 0 radical (unpaired) electrons. The summed E-state index contributed by atoms with van der Waals surface area (Å²) in [5, 5.41) is 7.83. The summed E-state index contributed by atoms with van der Waals surface area (Å²) in [4.78, 5) is 13.3. The van der Waals surface area contributed by atoms with Crippen molar-refractivity contribution >= 4 is 33.4 Å².